The fourth-order valence-corrected chi connectivity index (χ4v) is 1.71. The van der Waals surface area contributed by atoms with Crippen molar-refractivity contribution in [3.05, 3.63) is 22.1 Å². The Morgan fingerprint density at radius 1 is 1.47 bits per heavy atom. The first-order chi connectivity index (χ1) is 9.10. The highest BCUT2D eigenvalue weighted by Gasteiger charge is 2.07. The van der Waals surface area contributed by atoms with Gasteiger partial charge in [0.1, 0.15) is 0 Å². The lowest BCUT2D eigenvalue weighted by molar-refractivity contribution is 0.181. The molecule has 0 aliphatic rings. The van der Waals surface area contributed by atoms with Gasteiger partial charge in [0.2, 0.25) is 5.95 Å². The van der Waals surface area contributed by atoms with E-state index in [1.54, 1.807) is 7.11 Å². The van der Waals surface area contributed by atoms with Crippen LogP contribution < -0.4 is 10.9 Å². The number of nitrogens with one attached hydrogen (secondary N) is 2. The van der Waals surface area contributed by atoms with Crippen LogP contribution in [0.1, 0.15) is 26.0 Å². The summed E-state index contributed by atoms with van der Waals surface area (Å²) in [5.41, 5.74) is 0.384. The van der Waals surface area contributed by atoms with E-state index in [9.17, 15) is 4.79 Å². The number of aromatic amines is 1. The maximum absolute atomic E-state index is 11.8. The van der Waals surface area contributed by atoms with Crippen LogP contribution in [-0.4, -0.2) is 33.2 Å². The highest BCUT2D eigenvalue weighted by molar-refractivity contribution is 5.37. The van der Waals surface area contributed by atoms with Crippen molar-refractivity contribution in [2.75, 3.05) is 19.0 Å². The zero-order chi connectivity index (χ0) is 13.8. The van der Waals surface area contributed by atoms with Crippen molar-refractivity contribution in [2.24, 2.45) is 5.92 Å². The number of methoxy groups -OCH3 is 1. The van der Waals surface area contributed by atoms with Gasteiger partial charge in [-0.3, -0.25) is 9.89 Å². The Bertz CT molecular complexity index is 602. The molecule has 2 aromatic rings. The second kappa shape index (κ2) is 5.83. The Morgan fingerprint density at radius 2 is 2.26 bits per heavy atom. The van der Waals surface area contributed by atoms with Crippen LogP contribution in [0.5, 0.6) is 0 Å². The third-order valence-electron chi connectivity index (χ3n) is 2.69. The third kappa shape index (κ3) is 3.31. The minimum absolute atomic E-state index is 0.193. The molecule has 2 aromatic heterocycles. The summed E-state index contributed by atoms with van der Waals surface area (Å²) >= 11 is 0. The van der Waals surface area contributed by atoms with Crippen molar-refractivity contribution >= 4 is 11.7 Å². The van der Waals surface area contributed by atoms with Crippen LogP contribution in [0.3, 0.4) is 0 Å². The molecule has 0 unspecified atom stereocenters. The third-order valence-corrected chi connectivity index (χ3v) is 2.69. The summed E-state index contributed by atoms with van der Waals surface area (Å²) in [7, 11) is 1.56. The van der Waals surface area contributed by atoms with E-state index in [4.69, 9.17) is 4.74 Å². The van der Waals surface area contributed by atoms with Gasteiger partial charge in [-0.25, -0.2) is 4.98 Å². The quantitative estimate of drug-likeness (QED) is 0.814. The fourth-order valence-electron chi connectivity index (χ4n) is 1.71. The van der Waals surface area contributed by atoms with E-state index >= 15 is 0 Å². The molecule has 0 atom stereocenters. The molecule has 0 aliphatic carbocycles. The van der Waals surface area contributed by atoms with Crippen LogP contribution >= 0.6 is 0 Å². The van der Waals surface area contributed by atoms with Gasteiger partial charge in [0.15, 0.2) is 0 Å². The molecule has 0 aliphatic heterocycles. The van der Waals surface area contributed by atoms with E-state index in [-0.39, 0.29) is 5.56 Å². The SMILES string of the molecule is COCc1cc(=O)n2[nH]c(NCCC(C)C)nc2n1. The number of aromatic nitrogens is 4. The van der Waals surface area contributed by atoms with Gasteiger partial charge in [-0.15, -0.1) is 0 Å². The molecule has 2 N–H and O–H groups in total. The van der Waals surface area contributed by atoms with Crippen LogP contribution in [0.4, 0.5) is 5.95 Å². The Kier molecular flexibility index (Phi) is 4.16. The van der Waals surface area contributed by atoms with Gasteiger partial charge >= 0.3 is 0 Å². The molecule has 0 spiro atoms. The second-order valence-electron chi connectivity index (χ2n) is 4.84. The summed E-state index contributed by atoms with van der Waals surface area (Å²) in [5, 5.41) is 6.03. The van der Waals surface area contributed by atoms with Gasteiger partial charge in [-0.05, 0) is 12.3 Å². The minimum Gasteiger partial charge on any atom is -0.378 e. The lowest BCUT2D eigenvalue weighted by Gasteiger charge is -2.04. The summed E-state index contributed by atoms with van der Waals surface area (Å²) < 4.78 is 6.28. The normalized spacial score (nSPS) is 11.4. The highest BCUT2D eigenvalue weighted by atomic mass is 16.5. The van der Waals surface area contributed by atoms with Crippen molar-refractivity contribution in [1.29, 1.82) is 0 Å². The van der Waals surface area contributed by atoms with Crippen molar-refractivity contribution < 1.29 is 4.74 Å². The zero-order valence-corrected chi connectivity index (χ0v) is 11.4. The van der Waals surface area contributed by atoms with Crippen LogP contribution in [0.2, 0.25) is 0 Å². The molecule has 0 bridgehead atoms. The van der Waals surface area contributed by atoms with Crippen molar-refractivity contribution in [3.63, 3.8) is 0 Å². The minimum atomic E-state index is -0.193. The maximum Gasteiger partial charge on any atom is 0.274 e. The average molecular weight is 265 g/mol. The van der Waals surface area contributed by atoms with Crippen molar-refractivity contribution in [1.82, 2.24) is 19.6 Å². The van der Waals surface area contributed by atoms with Crippen molar-refractivity contribution in [3.8, 4) is 0 Å². The molecule has 0 amide bonds. The van der Waals surface area contributed by atoms with Gasteiger partial charge in [0, 0.05) is 19.7 Å². The predicted octanol–water partition coefficient (Wildman–Crippen LogP) is 1.02. The van der Waals surface area contributed by atoms with E-state index in [2.05, 4.69) is 34.2 Å². The molecule has 19 heavy (non-hydrogen) atoms. The summed E-state index contributed by atoms with van der Waals surface area (Å²) in [6.45, 7) is 5.42. The van der Waals surface area contributed by atoms with Gasteiger partial charge in [-0.2, -0.15) is 9.50 Å². The number of anilines is 1. The Balaban J connectivity index is 2.20. The zero-order valence-electron chi connectivity index (χ0n) is 11.4. The van der Waals surface area contributed by atoms with Gasteiger partial charge in [0.05, 0.1) is 12.3 Å². The van der Waals surface area contributed by atoms with E-state index in [0.29, 0.717) is 29.9 Å². The molecule has 0 radical (unpaired) electrons. The van der Waals surface area contributed by atoms with Gasteiger partial charge < -0.3 is 10.1 Å². The first-order valence-electron chi connectivity index (χ1n) is 6.31. The van der Waals surface area contributed by atoms with Crippen LogP contribution in [-0.2, 0) is 11.3 Å². The van der Waals surface area contributed by atoms with Gasteiger partial charge in [0.25, 0.3) is 11.3 Å². The molecule has 104 valence electrons. The lowest BCUT2D eigenvalue weighted by Crippen LogP contribution is -2.16. The fraction of sp³-hybridized carbons (Fsp3) is 0.583. The molecule has 7 heteroatoms. The van der Waals surface area contributed by atoms with Crippen LogP contribution in [0.25, 0.3) is 5.78 Å². The molecule has 7 nitrogen and oxygen atoms in total. The van der Waals surface area contributed by atoms with E-state index in [0.717, 1.165) is 13.0 Å². The van der Waals surface area contributed by atoms with Crippen molar-refractivity contribution in [2.45, 2.75) is 26.9 Å². The number of hydrogen-bond acceptors (Lipinski definition) is 5. The molecule has 0 aromatic carbocycles. The Morgan fingerprint density at radius 3 is 2.95 bits per heavy atom. The molecule has 2 heterocycles. The largest absolute Gasteiger partial charge is 0.378 e. The predicted molar refractivity (Wildman–Crippen MR) is 72.3 cm³/mol. The maximum atomic E-state index is 11.8. The number of ether oxygens (including phenoxy) is 1. The molecule has 0 saturated heterocycles. The standard InChI is InChI=1S/C12H19N5O2/c1-8(2)4-5-13-11-15-12-14-9(7-19-3)6-10(18)17(12)16-11/h6,8H,4-5,7H2,1-3H3,(H2,13,14,15,16). The average Bonchev–Trinajstić information content (AvgIpc) is 2.72. The Labute approximate surface area is 111 Å². The first-order valence-corrected chi connectivity index (χ1v) is 6.31. The number of H-pyrrole nitrogens is 1. The second-order valence-corrected chi connectivity index (χ2v) is 4.84. The molecular formula is C12H19N5O2. The summed E-state index contributed by atoms with van der Waals surface area (Å²) in [6.07, 6.45) is 1.04. The monoisotopic (exact) mass is 265 g/mol. The number of rotatable bonds is 6. The van der Waals surface area contributed by atoms with Crippen LogP contribution in [0, 0.1) is 5.92 Å². The highest BCUT2D eigenvalue weighted by Crippen LogP contribution is 2.04. The topological polar surface area (TPSA) is 84.3 Å². The van der Waals surface area contributed by atoms with Crippen LogP contribution in [0.15, 0.2) is 10.9 Å². The number of hydrogen-bond donors (Lipinski definition) is 2. The Hall–Kier alpha value is -1.89. The molecule has 2 rings (SSSR count). The summed E-state index contributed by atoms with van der Waals surface area (Å²) in [6, 6.07) is 1.44. The van der Waals surface area contributed by atoms with E-state index < -0.39 is 0 Å². The number of fused-ring (bicyclic) bond motifs is 1. The molecule has 0 fully saturated rings. The molecule has 0 saturated carbocycles. The van der Waals surface area contributed by atoms with E-state index in [1.807, 2.05) is 0 Å². The van der Waals surface area contributed by atoms with E-state index in [1.165, 1.54) is 10.6 Å². The van der Waals surface area contributed by atoms with Gasteiger partial charge in [-0.1, -0.05) is 13.8 Å². The summed E-state index contributed by atoms with van der Waals surface area (Å²) in [4.78, 5) is 20.3. The molecular weight excluding hydrogens is 246 g/mol. The smallest absolute Gasteiger partial charge is 0.274 e. The summed E-state index contributed by atoms with van der Waals surface area (Å²) in [5.74, 6) is 1.53. The first kappa shape index (κ1) is 13.5. The lowest BCUT2D eigenvalue weighted by atomic mass is 10.1. The number of nitrogens with zero attached hydrogens (tertiary/aromatic N) is 3.